The van der Waals surface area contributed by atoms with Crippen molar-refractivity contribution in [2.24, 2.45) is 0 Å². The topological polar surface area (TPSA) is 67.7 Å². The maximum Gasteiger partial charge on any atom is 0.267 e. The molecule has 2 aromatic rings. The molecule has 1 aromatic heterocycles. The van der Waals surface area contributed by atoms with Crippen LogP contribution in [0.15, 0.2) is 41.2 Å². The fourth-order valence-electron chi connectivity index (χ4n) is 3.01. The minimum atomic E-state index is -0.635. The molecule has 7 heteroatoms. The fourth-order valence-corrected chi connectivity index (χ4v) is 3.01. The Morgan fingerprint density at radius 3 is 2.35 bits per heavy atom. The summed E-state index contributed by atoms with van der Waals surface area (Å²) in [5.41, 5.74) is 1.22. The Morgan fingerprint density at radius 2 is 1.73 bits per heavy atom. The molecule has 138 valence electrons. The van der Waals surface area contributed by atoms with E-state index in [1.807, 2.05) is 31.3 Å². The van der Waals surface area contributed by atoms with E-state index in [1.54, 1.807) is 25.0 Å². The number of ether oxygens (including phenoxy) is 1. The number of nitrogens with zero attached hydrogens (tertiary/aromatic N) is 4. The summed E-state index contributed by atoms with van der Waals surface area (Å²) >= 11 is 0. The highest BCUT2D eigenvalue weighted by atomic mass is 16.5. The summed E-state index contributed by atoms with van der Waals surface area (Å²) < 4.78 is 6.44. The molecule has 26 heavy (non-hydrogen) atoms. The van der Waals surface area contributed by atoms with Crippen LogP contribution in [0.5, 0.6) is 5.75 Å². The second kappa shape index (κ2) is 7.70. The summed E-state index contributed by atoms with van der Waals surface area (Å²) in [7, 11) is 3.65. The molecule has 0 N–H and O–H groups in total. The number of likely N-dealkylation sites (N-methyl/N-ethyl adjacent to an activating group) is 1. The first-order valence-corrected chi connectivity index (χ1v) is 8.71. The molecule has 3 rings (SSSR count). The van der Waals surface area contributed by atoms with Gasteiger partial charge in [-0.25, -0.2) is 4.68 Å². The highest BCUT2D eigenvalue weighted by Crippen LogP contribution is 2.20. The third kappa shape index (κ3) is 3.77. The van der Waals surface area contributed by atoms with Crippen LogP contribution in [-0.4, -0.2) is 65.8 Å². The first kappa shape index (κ1) is 18.1. The van der Waals surface area contributed by atoms with Gasteiger partial charge in [-0.1, -0.05) is 0 Å². The first-order chi connectivity index (χ1) is 12.5. The van der Waals surface area contributed by atoms with Crippen LogP contribution in [0, 0.1) is 0 Å². The second-order valence-corrected chi connectivity index (χ2v) is 6.53. The molecule has 2 heterocycles. The molecule has 0 spiro atoms. The number of hydrogen-bond donors (Lipinski definition) is 0. The van der Waals surface area contributed by atoms with Crippen molar-refractivity contribution in [2.45, 2.75) is 13.0 Å². The number of hydrogen-bond acceptors (Lipinski definition) is 5. The van der Waals surface area contributed by atoms with E-state index in [9.17, 15) is 9.59 Å². The highest BCUT2D eigenvalue weighted by Gasteiger charge is 2.26. The van der Waals surface area contributed by atoms with E-state index in [0.29, 0.717) is 18.8 Å². The molecular formula is C19H24N4O3. The molecule has 1 fully saturated rings. The lowest BCUT2D eigenvalue weighted by atomic mass is 10.1. The number of benzene rings is 1. The number of carbonyl (C=O) groups excluding carboxylic acids is 1. The SMILES string of the molecule is COc1ccc(-c2ccc(=O)n(C(C)C(=O)N3CCN(C)CC3)n2)cc1. The average Bonchev–Trinajstić information content (AvgIpc) is 2.68. The van der Waals surface area contributed by atoms with Crippen LogP contribution in [0.2, 0.25) is 0 Å². The highest BCUT2D eigenvalue weighted by molar-refractivity contribution is 5.80. The maximum absolute atomic E-state index is 12.8. The van der Waals surface area contributed by atoms with Crippen molar-refractivity contribution in [1.29, 1.82) is 0 Å². The zero-order valence-corrected chi connectivity index (χ0v) is 15.4. The monoisotopic (exact) mass is 356 g/mol. The summed E-state index contributed by atoms with van der Waals surface area (Å²) in [4.78, 5) is 29.1. The number of amides is 1. The Labute approximate surface area is 152 Å². The summed E-state index contributed by atoms with van der Waals surface area (Å²) in [6.07, 6.45) is 0. The van der Waals surface area contributed by atoms with E-state index >= 15 is 0 Å². The smallest absolute Gasteiger partial charge is 0.267 e. The van der Waals surface area contributed by atoms with Crippen LogP contribution in [0.1, 0.15) is 13.0 Å². The summed E-state index contributed by atoms with van der Waals surface area (Å²) in [5.74, 6) is 0.681. The van der Waals surface area contributed by atoms with E-state index in [2.05, 4.69) is 10.00 Å². The molecule has 1 unspecified atom stereocenters. The van der Waals surface area contributed by atoms with E-state index in [1.165, 1.54) is 10.7 Å². The van der Waals surface area contributed by atoms with Crippen molar-refractivity contribution < 1.29 is 9.53 Å². The molecule has 0 radical (unpaired) electrons. The van der Waals surface area contributed by atoms with Crippen molar-refractivity contribution >= 4 is 5.91 Å². The van der Waals surface area contributed by atoms with Crippen molar-refractivity contribution in [3.63, 3.8) is 0 Å². The first-order valence-electron chi connectivity index (χ1n) is 8.71. The van der Waals surface area contributed by atoms with Gasteiger partial charge in [-0.05, 0) is 44.3 Å². The fraction of sp³-hybridized carbons (Fsp3) is 0.421. The van der Waals surface area contributed by atoms with Gasteiger partial charge in [0.1, 0.15) is 11.8 Å². The van der Waals surface area contributed by atoms with Gasteiger partial charge in [0.2, 0.25) is 5.91 Å². The summed E-state index contributed by atoms with van der Waals surface area (Å²) in [5, 5.41) is 4.43. The normalized spacial score (nSPS) is 16.3. The summed E-state index contributed by atoms with van der Waals surface area (Å²) in [6, 6.07) is 9.93. The molecule has 0 bridgehead atoms. The number of methoxy groups -OCH3 is 1. The second-order valence-electron chi connectivity index (χ2n) is 6.53. The predicted octanol–water partition coefficient (Wildman–Crippen LogP) is 1.25. The lowest BCUT2D eigenvalue weighted by molar-refractivity contribution is -0.136. The Morgan fingerprint density at radius 1 is 1.08 bits per heavy atom. The molecule has 1 aliphatic heterocycles. The van der Waals surface area contributed by atoms with Gasteiger partial charge in [-0.15, -0.1) is 0 Å². The Balaban J connectivity index is 1.84. The number of rotatable bonds is 4. The van der Waals surface area contributed by atoms with Gasteiger partial charge in [0.15, 0.2) is 0 Å². The molecule has 0 aliphatic carbocycles. The third-order valence-corrected chi connectivity index (χ3v) is 4.75. The predicted molar refractivity (Wildman–Crippen MR) is 99.3 cm³/mol. The minimum absolute atomic E-state index is 0.0698. The standard InChI is InChI=1S/C19H24N4O3/c1-14(19(25)22-12-10-21(2)11-13-22)23-18(24)9-8-17(20-23)15-4-6-16(26-3)7-5-15/h4-9,14H,10-13H2,1-3H3. The Hall–Kier alpha value is -2.67. The zero-order valence-electron chi connectivity index (χ0n) is 15.4. The van der Waals surface area contributed by atoms with Gasteiger partial charge < -0.3 is 14.5 Å². The van der Waals surface area contributed by atoms with Gasteiger partial charge in [0.05, 0.1) is 12.8 Å². The molecule has 0 saturated carbocycles. The lowest BCUT2D eigenvalue weighted by Crippen LogP contribution is -2.49. The largest absolute Gasteiger partial charge is 0.497 e. The molecule has 1 atom stereocenters. The van der Waals surface area contributed by atoms with Crippen molar-refractivity contribution in [3.05, 3.63) is 46.8 Å². The van der Waals surface area contributed by atoms with Gasteiger partial charge in [0, 0.05) is 37.8 Å². The molecule has 1 saturated heterocycles. The van der Waals surface area contributed by atoms with Crippen LogP contribution in [0.4, 0.5) is 0 Å². The number of piperazine rings is 1. The van der Waals surface area contributed by atoms with Crippen LogP contribution in [0.3, 0.4) is 0 Å². The van der Waals surface area contributed by atoms with Crippen molar-refractivity contribution in [1.82, 2.24) is 19.6 Å². The van der Waals surface area contributed by atoms with E-state index < -0.39 is 6.04 Å². The van der Waals surface area contributed by atoms with Gasteiger partial charge in [0.25, 0.3) is 5.56 Å². The third-order valence-electron chi connectivity index (χ3n) is 4.75. The summed E-state index contributed by atoms with van der Waals surface area (Å²) in [6.45, 7) is 4.76. The molecular weight excluding hydrogens is 332 g/mol. The molecule has 1 amide bonds. The van der Waals surface area contributed by atoms with Crippen LogP contribution < -0.4 is 10.3 Å². The Bertz CT molecular complexity index is 823. The van der Waals surface area contributed by atoms with Gasteiger partial charge in [-0.2, -0.15) is 5.10 Å². The Kier molecular flexibility index (Phi) is 5.37. The number of aromatic nitrogens is 2. The van der Waals surface area contributed by atoms with E-state index in [0.717, 1.165) is 24.4 Å². The number of carbonyl (C=O) groups is 1. The molecule has 1 aromatic carbocycles. The zero-order chi connectivity index (χ0) is 18.7. The van der Waals surface area contributed by atoms with Gasteiger partial charge >= 0.3 is 0 Å². The van der Waals surface area contributed by atoms with Gasteiger partial charge in [-0.3, -0.25) is 9.59 Å². The maximum atomic E-state index is 12.8. The molecule has 7 nitrogen and oxygen atoms in total. The quantitative estimate of drug-likeness (QED) is 0.825. The molecule has 1 aliphatic rings. The average molecular weight is 356 g/mol. The van der Waals surface area contributed by atoms with Crippen molar-refractivity contribution in [2.75, 3.05) is 40.3 Å². The van der Waals surface area contributed by atoms with Crippen molar-refractivity contribution in [3.8, 4) is 17.0 Å². The van der Waals surface area contributed by atoms with Crippen LogP contribution in [-0.2, 0) is 4.79 Å². The minimum Gasteiger partial charge on any atom is -0.497 e. The lowest BCUT2D eigenvalue weighted by Gasteiger charge is -2.34. The van der Waals surface area contributed by atoms with E-state index in [4.69, 9.17) is 4.74 Å². The van der Waals surface area contributed by atoms with Crippen LogP contribution >= 0.6 is 0 Å². The van der Waals surface area contributed by atoms with Crippen LogP contribution in [0.25, 0.3) is 11.3 Å². The van der Waals surface area contributed by atoms with E-state index in [-0.39, 0.29) is 11.5 Å².